The second-order valence-corrected chi connectivity index (χ2v) is 5.19. The highest BCUT2D eigenvalue weighted by atomic mass is 79.9. The van der Waals surface area contributed by atoms with E-state index in [1.165, 1.54) is 12.1 Å². The zero-order valence-electron chi connectivity index (χ0n) is 10.6. The number of halogens is 2. The summed E-state index contributed by atoms with van der Waals surface area (Å²) >= 11 is 3.45. The Kier molecular flexibility index (Phi) is 4.56. The second-order valence-electron chi connectivity index (χ2n) is 4.33. The van der Waals surface area contributed by atoms with Crippen LogP contribution < -0.4 is 10.5 Å². The fraction of sp³-hybridized carbons (Fsp3) is 0.200. The SMILES string of the molecule is COc1ccc(CC(N)c2ccc(F)cc2)cc1Br. The van der Waals surface area contributed by atoms with Gasteiger partial charge in [-0.15, -0.1) is 0 Å². The summed E-state index contributed by atoms with van der Waals surface area (Å²) in [6.07, 6.45) is 0.689. The maximum atomic E-state index is 12.9. The minimum absolute atomic E-state index is 0.152. The van der Waals surface area contributed by atoms with Gasteiger partial charge in [0.25, 0.3) is 0 Å². The molecule has 0 aliphatic rings. The van der Waals surface area contributed by atoms with Crippen molar-refractivity contribution >= 4 is 15.9 Å². The van der Waals surface area contributed by atoms with Crippen LogP contribution in [-0.2, 0) is 6.42 Å². The molecule has 100 valence electrons. The van der Waals surface area contributed by atoms with Crippen molar-refractivity contribution in [1.29, 1.82) is 0 Å². The van der Waals surface area contributed by atoms with Crippen LogP contribution in [-0.4, -0.2) is 7.11 Å². The highest BCUT2D eigenvalue weighted by molar-refractivity contribution is 9.10. The molecule has 0 bridgehead atoms. The van der Waals surface area contributed by atoms with E-state index >= 15 is 0 Å². The van der Waals surface area contributed by atoms with Crippen molar-refractivity contribution in [3.05, 3.63) is 63.9 Å². The Hall–Kier alpha value is -1.39. The molecule has 1 atom stereocenters. The lowest BCUT2D eigenvalue weighted by Gasteiger charge is -2.13. The first-order chi connectivity index (χ1) is 9.10. The third-order valence-electron chi connectivity index (χ3n) is 2.97. The van der Waals surface area contributed by atoms with E-state index in [0.29, 0.717) is 6.42 Å². The highest BCUT2D eigenvalue weighted by Gasteiger charge is 2.09. The van der Waals surface area contributed by atoms with Crippen molar-refractivity contribution in [1.82, 2.24) is 0 Å². The van der Waals surface area contributed by atoms with Gasteiger partial charge >= 0.3 is 0 Å². The maximum Gasteiger partial charge on any atom is 0.133 e. The number of benzene rings is 2. The Morgan fingerprint density at radius 3 is 2.47 bits per heavy atom. The molecule has 0 spiro atoms. The lowest BCUT2D eigenvalue weighted by molar-refractivity contribution is 0.412. The lowest BCUT2D eigenvalue weighted by atomic mass is 10.00. The first-order valence-corrected chi connectivity index (χ1v) is 6.73. The smallest absolute Gasteiger partial charge is 0.133 e. The van der Waals surface area contributed by atoms with Gasteiger partial charge in [0.15, 0.2) is 0 Å². The van der Waals surface area contributed by atoms with E-state index in [4.69, 9.17) is 10.5 Å². The van der Waals surface area contributed by atoms with E-state index in [1.807, 2.05) is 18.2 Å². The van der Waals surface area contributed by atoms with E-state index in [0.717, 1.165) is 21.3 Å². The van der Waals surface area contributed by atoms with E-state index in [2.05, 4.69) is 15.9 Å². The lowest BCUT2D eigenvalue weighted by Crippen LogP contribution is -2.13. The topological polar surface area (TPSA) is 35.2 Å². The number of ether oxygens (including phenoxy) is 1. The van der Waals surface area contributed by atoms with Crippen LogP contribution in [0.15, 0.2) is 46.9 Å². The Balaban J connectivity index is 2.12. The molecule has 2 aromatic rings. The van der Waals surface area contributed by atoms with Gasteiger partial charge in [-0.3, -0.25) is 0 Å². The molecule has 2 N–H and O–H groups in total. The molecule has 0 fully saturated rings. The van der Waals surface area contributed by atoms with E-state index < -0.39 is 0 Å². The Bertz CT molecular complexity index is 557. The van der Waals surface area contributed by atoms with Crippen molar-refractivity contribution in [2.45, 2.75) is 12.5 Å². The first-order valence-electron chi connectivity index (χ1n) is 5.93. The molecular weight excluding hydrogens is 309 g/mol. The van der Waals surface area contributed by atoms with Crippen LogP contribution in [0, 0.1) is 5.82 Å². The van der Waals surface area contributed by atoms with E-state index in [9.17, 15) is 4.39 Å². The third kappa shape index (κ3) is 3.55. The molecule has 19 heavy (non-hydrogen) atoms. The fourth-order valence-electron chi connectivity index (χ4n) is 1.92. The average Bonchev–Trinajstić information content (AvgIpc) is 2.39. The van der Waals surface area contributed by atoms with Crippen LogP contribution in [0.4, 0.5) is 4.39 Å². The van der Waals surface area contributed by atoms with E-state index in [-0.39, 0.29) is 11.9 Å². The molecule has 0 radical (unpaired) electrons. The van der Waals surface area contributed by atoms with Crippen LogP contribution in [0.2, 0.25) is 0 Å². The number of nitrogens with two attached hydrogens (primary N) is 1. The fourth-order valence-corrected chi connectivity index (χ4v) is 2.51. The van der Waals surface area contributed by atoms with Gasteiger partial charge in [0.1, 0.15) is 11.6 Å². The summed E-state index contributed by atoms with van der Waals surface area (Å²) in [5.41, 5.74) is 8.15. The molecule has 0 saturated carbocycles. The summed E-state index contributed by atoms with van der Waals surface area (Å²) in [5.74, 6) is 0.544. The van der Waals surface area contributed by atoms with Crippen molar-refractivity contribution < 1.29 is 9.13 Å². The summed E-state index contributed by atoms with van der Waals surface area (Å²) < 4.78 is 18.9. The van der Waals surface area contributed by atoms with Gasteiger partial charge < -0.3 is 10.5 Å². The van der Waals surface area contributed by atoms with Gasteiger partial charge in [-0.2, -0.15) is 0 Å². The maximum absolute atomic E-state index is 12.9. The van der Waals surface area contributed by atoms with Gasteiger partial charge in [-0.1, -0.05) is 18.2 Å². The third-order valence-corrected chi connectivity index (χ3v) is 3.59. The van der Waals surface area contributed by atoms with Gasteiger partial charge in [0.2, 0.25) is 0 Å². The molecule has 0 aliphatic carbocycles. The predicted octanol–water partition coefficient (Wildman–Crippen LogP) is 3.84. The molecule has 0 aliphatic heterocycles. The van der Waals surface area contributed by atoms with Gasteiger partial charge in [0, 0.05) is 6.04 Å². The second kappa shape index (κ2) is 6.17. The molecule has 0 heterocycles. The largest absolute Gasteiger partial charge is 0.496 e. The zero-order valence-corrected chi connectivity index (χ0v) is 12.2. The van der Waals surface area contributed by atoms with Crippen molar-refractivity contribution in [2.75, 3.05) is 7.11 Å². The molecule has 0 aromatic heterocycles. The minimum Gasteiger partial charge on any atom is -0.496 e. The molecule has 4 heteroatoms. The van der Waals surface area contributed by atoms with Gasteiger partial charge in [-0.05, 0) is 57.7 Å². The molecule has 0 saturated heterocycles. The van der Waals surface area contributed by atoms with Crippen LogP contribution in [0.3, 0.4) is 0 Å². The average molecular weight is 324 g/mol. The number of rotatable bonds is 4. The Labute approximate surface area is 120 Å². The molecule has 0 amide bonds. The Morgan fingerprint density at radius 1 is 1.21 bits per heavy atom. The standard InChI is InChI=1S/C15H15BrFNO/c1-19-15-7-2-10(8-13(15)16)9-14(18)11-3-5-12(17)6-4-11/h2-8,14H,9,18H2,1H3. The highest BCUT2D eigenvalue weighted by Crippen LogP contribution is 2.27. The monoisotopic (exact) mass is 323 g/mol. The zero-order chi connectivity index (χ0) is 13.8. The van der Waals surface area contributed by atoms with Crippen molar-refractivity contribution in [3.8, 4) is 5.75 Å². The first kappa shape index (κ1) is 14.0. The van der Waals surface area contributed by atoms with Crippen LogP contribution in [0.1, 0.15) is 17.2 Å². The summed E-state index contributed by atoms with van der Waals surface area (Å²) in [6.45, 7) is 0. The van der Waals surface area contributed by atoms with Crippen molar-refractivity contribution in [3.63, 3.8) is 0 Å². The molecule has 2 nitrogen and oxygen atoms in total. The van der Waals surface area contributed by atoms with Gasteiger partial charge in [0.05, 0.1) is 11.6 Å². The number of hydrogen-bond acceptors (Lipinski definition) is 2. The normalized spacial score (nSPS) is 12.2. The number of methoxy groups -OCH3 is 1. The summed E-state index contributed by atoms with van der Waals surface area (Å²) in [7, 11) is 1.63. The minimum atomic E-state index is -0.247. The molecule has 2 aromatic carbocycles. The summed E-state index contributed by atoms with van der Waals surface area (Å²) in [5, 5.41) is 0. The Morgan fingerprint density at radius 2 is 1.89 bits per heavy atom. The summed E-state index contributed by atoms with van der Waals surface area (Å²) in [6, 6.07) is 12.0. The predicted molar refractivity (Wildman–Crippen MR) is 77.7 cm³/mol. The van der Waals surface area contributed by atoms with Crippen molar-refractivity contribution in [2.24, 2.45) is 5.73 Å². The summed E-state index contributed by atoms with van der Waals surface area (Å²) in [4.78, 5) is 0. The van der Waals surface area contributed by atoms with Crippen LogP contribution in [0.25, 0.3) is 0 Å². The quantitative estimate of drug-likeness (QED) is 0.927. The van der Waals surface area contributed by atoms with Crippen LogP contribution in [0.5, 0.6) is 5.75 Å². The molecular formula is C15H15BrFNO. The molecule has 2 rings (SSSR count). The van der Waals surface area contributed by atoms with Gasteiger partial charge in [-0.25, -0.2) is 4.39 Å². The molecule has 1 unspecified atom stereocenters. The van der Waals surface area contributed by atoms with Crippen LogP contribution >= 0.6 is 15.9 Å². The van der Waals surface area contributed by atoms with E-state index in [1.54, 1.807) is 19.2 Å². The number of hydrogen-bond donors (Lipinski definition) is 1.